The van der Waals surface area contributed by atoms with E-state index in [1.54, 1.807) is 0 Å². The second-order valence-corrected chi connectivity index (χ2v) is 11.3. The van der Waals surface area contributed by atoms with Crippen molar-refractivity contribution in [2.75, 3.05) is 13.2 Å². The molecular formula is C22H42O5. The Kier molecular flexibility index (Phi) is 5.47. The molecule has 2 rings (SSSR count). The first kappa shape index (κ1) is 23.1. The van der Waals surface area contributed by atoms with Gasteiger partial charge < -0.3 is 24.4 Å². The lowest BCUT2D eigenvalue weighted by molar-refractivity contribution is -0.327. The van der Waals surface area contributed by atoms with Crippen molar-refractivity contribution in [1.29, 1.82) is 0 Å². The third kappa shape index (κ3) is 3.18. The van der Waals surface area contributed by atoms with Crippen LogP contribution in [0.1, 0.15) is 76.2 Å². The monoisotopic (exact) mass is 386 g/mol. The molecule has 0 aromatic rings. The molecule has 0 aliphatic carbocycles. The van der Waals surface area contributed by atoms with E-state index in [0.717, 1.165) is 0 Å². The van der Waals surface area contributed by atoms with Gasteiger partial charge in [0.2, 0.25) is 0 Å². The molecule has 2 N–H and O–H groups in total. The van der Waals surface area contributed by atoms with Gasteiger partial charge in [0.25, 0.3) is 0 Å². The van der Waals surface area contributed by atoms with Crippen LogP contribution in [0.5, 0.6) is 0 Å². The van der Waals surface area contributed by atoms with Crippen molar-refractivity contribution >= 4 is 0 Å². The summed E-state index contributed by atoms with van der Waals surface area (Å²) < 4.78 is 18.5. The van der Waals surface area contributed by atoms with Gasteiger partial charge in [-0.05, 0) is 34.6 Å². The lowest BCUT2D eigenvalue weighted by Crippen LogP contribution is -2.71. The summed E-state index contributed by atoms with van der Waals surface area (Å²) in [7, 11) is 0. The van der Waals surface area contributed by atoms with Crippen molar-refractivity contribution in [3.05, 3.63) is 0 Å². The first-order valence-corrected chi connectivity index (χ1v) is 10.2. The van der Waals surface area contributed by atoms with Crippen LogP contribution in [0.25, 0.3) is 0 Å². The third-order valence-electron chi connectivity index (χ3n) is 8.68. The molecule has 2 aliphatic heterocycles. The third-order valence-corrected chi connectivity index (χ3v) is 8.68. The zero-order chi connectivity index (χ0) is 21.3. The minimum absolute atomic E-state index is 0.0450. The van der Waals surface area contributed by atoms with Crippen LogP contribution in [0.15, 0.2) is 0 Å². The molecule has 0 aromatic carbocycles. The SMILES string of the molecule is CC1OC(C)(COCC2OC(C)(C)C(C)(O)C(C)(C)C2(C)C)C(O)C1(C)C. The van der Waals surface area contributed by atoms with Crippen molar-refractivity contribution in [2.24, 2.45) is 16.2 Å². The van der Waals surface area contributed by atoms with Gasteiger partial charge in [0.15, 0.2) is 0 Å². The average Bonchev–Trinajstić information content (AvgIpc) is 2.65. The van der Waals surface area contributed by atoms with Gasteiger partial charge in [0, 0.05) is 16.2 Å². The Labute approximate surface area is 165 Å². The van der Waals surface area contributed by atoms with Crippen LogP contribution in [0.3, 0.4) is 0 Å². The smallest absolute Gasteiger partial charge is 0.115 e. The standard InChI is InChI=1S/C22H42O5/c1-14-17(2,3)16(23)21(10,26-14)13-25-12-15-18(4,5)19(6,7)22(11,24)20(8,9)27-15/h14-16,23-24H,12-13H2,1-11H3. The van der Waals surface area contributed by atoms with Crippen molar-refractivity contribution in [3.8, 4) is 0 Å². The lowest BCUT2D eigenvalue weighted by Gasteiger charge is -2.64. The summed E-state index contributed by atoms with van der Waals surface area (Å²) in [5.41, 5.74) is -3.45. The number of hydrogen-bond acceptors (Lipinski definition) is 5. The van der Waals surface area contributed by atoms with Gasteiger partial charge in [-0.25, -0.2) is 0 Å². The quantitative estimate of drug-likeness (QED) is 0.773. The van der Waals surface area contributed by atoms with Gasteiger partial charge in [-0.3, -0.25) is 0 Å². The highest BCUT2D eigenvalue weighted by atomic mass is 16.6. The molecule has 5 unspecified atom stereocenters. The molecule has 0 radical (unpaired) electrons. The second-order valence-electron chi connectivity index (χ2n) is 11.3. The van der Waals surface area contributed by atoms with Crippen LogP contribution in [0.4, 0.5) is 0 Å². The summed E-state index contributed by atoms with van der Waals surface area (Å²) in [5.74, 6) is 0. The predicted molar refractivity (Wildman–Crippen MR) is 107 cm³/mol. The highest BCUT2D eigenvalue weighted by Gasteiger charge is 2.65. The maximum absolute atomic E-state index is 11.2. The van der Waals surface area contributed by atoms with E-state index in [4.69, 9.17) is 14.2 Å². The maximum Gasteiger partial charge on any atom is 0.115 e. The fraction of sp³-hybridized carbons (Fsp3) is 1.00. The Morgan fingerprint density at radius 3 is 1.85 bits per heavy atom. The van der Waals surface area contributed by atoms with E-state index in [1.807, 2.05) is 48.5 Å². The Morgan fingerprint density at radius 1 is 0.889 bits per heavy atom. The van der Waals surface area contributed by atoms with Crippen molar-refractivity contribution in [2.45, 2.75) is 111 Å². The Balaban J connectivity index is 2.12. The van der Waals surface area contributed by atoms with Gasteiger partial charge in [0.1, 0.15) is 5.60 Å². The van der Waals surface area contributed by atoms with Crippen LogP contribution in [0, 0.1) is 16.2 Å². The molecule has 2 heterocycles. The predicted octanol–water partition coefficient (Wildman–Crippen LogP) is 3.55. The van der Waals surface area contributed by atoms with E-state index in [-0.39, 0.29) is 28.5 Å². The van der Waals surface area contributed by atoms with Crippen molar-refractivity contribution in [1.82, 2.24) is 0 Å². The second kappa shape index (κ2) is 6.40. The van der Waals surface area contributed by atoms with Gasteiger partial charge in [-0.15, -0.1) is 0 Å². The highest BCUT2D eigenvalue weighted by molar-refractivity contribution is 5.13. The van der Waals surface area contributed by atoms with E-state index >= 15 is 0 Å². The molecule has 5 nitrogen and oxygen atoms in total. The topological polar surface area (TPSA) is 68.2 Å². The number of hydrogen-bond donors (Lipinski definition) is 2. The highest BCUT2D eigenvalue weighted by Crippen LogP contribution is 2.58. The van der Waals surface area contributed by atoms with E-state index < -0.39 is 22.9 Å². The number of rotatable bonds is 4. The summed E-state index contributed by atoms with van der Waals surface area (Å²) in [6, 6.07) is 0. The molecule has 2 aliphatic rings. The largest absolute Gasteiger partial charge is 0.389 e. The number of ether oxygens (including phenoxy) is 3. The van der Waals surface area contributed by atoms with Gasteiger partial charge >= 0.3 is 0 Å². The molecule has 2 fully saturated rings. The minimum Gasteiger partial charge on any atom is -0.389 e. The molecule has 0 saturated carbocycles. The van der Waals surface area contributed by atoms with Gasteiger partial charge in [-0.1, -0.05) is 41.5 Å². The molecule has 0 bridgehead atoms. The summed E-state index contributed by atoms with van der Waals surface area (Å²) in [6.45, 7) is 22.8. The molecule has 5 atom stereocenters. The van der Waals surface area contributed by atoms with Crippen LogP contribution in [-0.4, -0.2) is 58.5 Å². The zero-order valence-corrected chi connectivity index (χ0v) is 19.3. The summed E-state index contributed by atoms with van der Waals surface area (Å²) in [5, 5.41) is 22.0. The Bertz CT molecular complexity index is 563. The number of aliphatic hydroxyl groups is 2. The zero-order valence-electron chi connectivity index (χ0n) is 19.3. The van der Waals surface area contributed by atoms with Gasteiger partial charge in [-0.2, -0.15) is 0 Å². The van der Waals surface area contributed by atoms with E-state index in [2.05, 4.69) is 27.7 Å². The first-order chi connectivity index (χ1) is 11.8. The molecule has 0 amide bonds. The minimum atomic E-state index is -0.990. The molecule has 2 saturated heterocycles. The van der Waals surface area contributed by atoms with E-state index in [1.165, 1.54) is 0 Å². The summed E-state index contributed by atoms with van der Waals surface area (Å²) in [4.78, 5) is 0. The Morgan fingerprint density at radius 2 is 1.41 bits per heavy atom. The van der Waals surface area contributed by atoms with Crippen LogP contribution in [-0.2, 0) is 14.2 Å². The van der Waals surface area contributed by atoms with Crippen LogP contribution < -0.4 is 0 Å². The first-order valence-electron chi connectivity index (χ1n) is 10.2. The Hall–Kier alpha value is -0.200. The van der Waals surface area contributed by atoms with E-state index in [9.17, 15) is 10.2 Å². The van der Waals surface area contributed by atoms with Crippen molar-refractivity contribution in [3.63, 3.8) is 0 Å². The molecule has 160 valence electrons. The van der Waals surface area contributed by atoms with Gasteiger partial charge in [0.05, 0.1) is 42.7 Å². The average molecular weight is 387 g/mol. The lowest BCUT2D eigenvalue weighted by atomic mass is 9.51. The fourth-order valence-corrected chi connectivity index (χ4v) is 4.75. The molecule has 0 aromatic heterocycles. The molecule has 0 spiro atoms. The van der Waals surface area contributed by atoms with Crippen molar-refractivity contribution < 1.29 is 24.4 Å². The normalized spacial score (nSPS) is 45.0. The molecule has 27 heavy (non-hydrogen) atoms. The molecular weight excluding hydrogens is 344 g/mol. The summed E-state index contributed by atoms with van der Waals surface area (Å²) >= 11 is 0. The molecule has 5 heteroatoms. The van der Waals surface area contributed by atoms with E-state index in [0.29, 0.717) is 13.2 Å². The summed E-state index contributed by atoms with van der Waals surface area (Å²) in [6.07, 6.45) is -0.833. The maximum atomic E-state index is 11.2. The fourth-order valence-electron chi connectivity index (χ4n) is 4.75. The van der Waals surface area contributed by atoms with Crippen LogP contribution in [0.2, 0.25) is 0 Å². The van der Waals surface area contributed by atoms with Crippen LogP contribution >= 0.6 is 0 Å². The number of aliphatic hydroxyl groups excluding tert-OH is 1.